The van der Waals surface area contributed by atoms with Crippen molar-refractivity contribution in [2.45, 2.75) is 26.9 Å². The van der Waals surface area contributed by atoms with Crippen LogP contribution in [0, 0.1) is 18.8 Å². The van der Waals surface area contributed by atoms with Gasteiger partial charge in [0.05, 0.1) is 6.20 Å². The molecule has 3 nitrogen and oxygen atoms in total. The molecular weight excluding hydrogens is 200 g/mol. The topological polar surface area (TPSA) is 34.1 Å². The molecule has 1 aromatic rings. The number of nitrogens with zero attached hydrogens (tertiary/aromatic N) is 1. The molecule has 0 radical (unpaired) electrons. The molecule has 3 heteroatoms. The Kier molecular flexibility index (Phi) is 3.44. The summed E-state index contributed by atoms with van der Waals surface area (Å²) >= 11 is 0. The predicted molar refractivity (Wildman–Crippen MR) is 64.6 cm³/mol. The Labute approximate surface area is 97.2 Å². The van der Waals surface area contributed by atoms with E-state index in [9.17, 15) is 0 Å². The highest BCUT2D eigenvalue weighted by molar-refractivity contribution is 5.22. The molecule has 1 aromatic heterocycles. The average Bonchev–Trinajstić information content (AvgIpc) is 2.66. The largest absolute Gasteiger partial charge is 0.487 e. The van der Waals surface area contributed by atoms with E-state index >= 15 is 0 Å². The molecule has 16 heavy (non-hydrogen) atoms. The summed E-state index contributed by atoms with van der Waals surface area (Å²) in [5, 5.41) is 3.39. The van der Waals surface area contributed by atoms with Gasteiger partial charge in [-0.3, -0.25) is 4.98 Å². The van der Waals surface area contributed by atoms with E-state index in [2.05, 4.69) is 24.1 Å². The van der Waals surface area contributed by atoms with Crippen LogP contribution in [0.3, 0.4) is 0 Å². The van der Waals surface area contributed by atoms with Crippen molar-refractivity contribution in [1.82, 2.24) is 10.3 Å². The molecule has 0 spiro atoms. The molecule has 88 valence electrons. The van der Waals surface area contributed by atoms with E-state index in [1.54, 1.807) is 6.20 Å². The van der Waals surface area contributed by atoms with E-state index in [-0.39, 0.29) is 6.10 Å². The molecule has 0 bridgehead atoms. The van der Waals surface area contributed by atoms with Crippen LogP contribution in [0.25, 0.3) is 0 Å². The van der Waals surface area contributed by atoms with Gasteiger partial charge in [0, 0.05) is 25.2 Å². The van der Waals surface area contributed by atoms with E-state index in [4.69, 9.17) is 4.74 Å². The number of nitrogens with one attached hydrogen (secondary N) is 1. The molecule has 1 aliphatic heterocycles. The molecule has 2 heterocycles. The second-order valence-electron chi connectivity index (χ2n) is 4.92. The third-order valence-corrected chi connectivity index (χ3v) is 3.20. The van der Waals surface area contributed by atoms with Crippen molar-refractivity contribution in [2.24, 2.45) is 11.8 Å². The van der Waals surface area contributed by atoms with Gasteiger partial charge in [0.2, 0.25) is 0 Å². The van der Waals surface area contributed by atoms with Gasteiger partial charge in [-0.05, 0) is 24.5 Å². The van der Waals surface area contributed by atoms with E-state index in [1.165, 1.54) is 0 Å². The van der Waals surface area contributed by atoms with Crippen LogP contribution in [0.4, 0.5) is 0 Å². The van der Waals surface area contributed by atoms with Gasteiger partial charge in [0.25, 0.3) is 0 Å². The maximum atomic E-state index is 6.01. The monoisotopic (exact) mass is 220 g/mol. The van der Waals surface area contributed by atoms with Gasteiger partial charge in [-0.2, -0.15) is 0 Å². The van der Waals surface area contributed by atoms with Crippen molar-refractivity contribution in [3.63, 3.8) is 0 Å². The third-order valence-electron chi connectivity index (χ3n) is 3.20. The number of hydrogen-bond acceptors (Lipinski definition) is 3. The zero-order valence-corrected chi connectivity index (χ0v) is 10.2. The van der Waals surface area contributed by atoms with E-state index in [0.717, 1.165) is 24.4 Å². The number of aromatic nitrogens is 1. The first-order chi connectivity index (χ1) is 7.66. The Balaban J connectivity index is 2.04. The van der Waals surface area contributed by atoms with Crippen LogP contribution in [-0.4, -0.2) is 24.2 Å². The highest BCUT2D eigenvalue weighted by atomic mass is 16.5. The lowest BCUT2D eigenvalue weighted by Crippen LogP contribution is -2.29. The standard InChI is InChI=1S/C13H20N2O/c1-9(2)12-7-15-8-13(12)16-11-4-10(3)5-14-6-11/h4-6,9,12-13,15H,7-8H2,1-3H3. The van der Waals surface area contributed by atoms with Gasteiger partial charge < -0.3 is 10.1 Å². The van der Waals surface area contributed by atoms with Gasteiger partial charge in [-0.1, -0.05) is 13.8 Å². The molecule has 1 N–H and O–H groups in total. The lowest BCUT2D eigenvalue weighted by molar-refractivity contribution is 0.146. The van der Waals surface area contributed by atoms with Crippen molar-refractivity contribution in [2.75, 3.05) is 13.1 Å². The average molecular weight is 220 g/mol. The lowest BCUT2D eigenvalue weighted by atomic mass is 9.93. The first-order valence-electron chi connectivity index (χ1n) is 5.96. The van der Waals surface area contributed by atoms with Gasteiger partial charge in [0.15, 0.2) is 0 Å². The molecule has 0 aromatic carbocycles. The zero-order valence-electron chi connectivity index (χ0n) is 10.2. The Morgan fingerprint density at radius 2 is 2.19 bits per heavy atom. The maximum Gasteiger partial charge on any atom is 0.138 e. The number of aryl methyl sites for hydroxylation is 1. The van der Waals surface area contributed by atoms with Crippen molar-refractivity contribution >= 4 is 0 Å². The Bertz CT molecular complexity index is 352. The number of rotatable bonds is 3. The van der Waals surface area contributed by atoms with Crippen LogP contribution in [0.1, 0.15) is 19.4 Å². The highest BCUT2D eigenvalue weighted by Crippen LogP contribution is 2.23. The van der Waals surface area contributed by atoms with E-state index in [0.29, 0.717) is 11.8 Å². The number of ether oxygens (including phenoxy) is 1. The molecule has 2 atom stereocenters. The molecule has 2 unspecified atom stereocenters. The quantitative estimate of drug-likeness (QED) is 0.846. The summed E-state index contributed by atoms with van der Waals surface area (Å²) in [5.41, 5.74) is 1.14. The fraction of sp³-hybridized carbons (Fsp3) is 0.615. The predicted octanol–water partition coefficient (Wildman–Crippen LogP) is 2.01. The van der Waals surface area contributed by atoms with Gasteiger partial charge >= 0.3 is 0 Å². The first-order valence-corrected chi connectivity index (χ1v) is 5.96. The highest BCUT2D eigenvalue weighted by Gasteiger charge is 2.31. The summed E-state index contributed by atoms with van der Waals surface area (Å²) < 4.78 is 6.01. The van der Waals surface area contributed by atoms with E-state index < -0.39 is 0 Å². The minimum atomic E-state index is 0.281. The molecule has 1 fully saturated rings. The summed E-state index contributed by atoms with van der Waals surface area (Å²) in [6.07, 6.45) is 3.92. The Hall–Kier alpha value is -1.09. The molecule has 2 rings (SSSR count). The Morgan fingerprint density at radius 3 is 2.88 bits per heavy atom. The summed E-state index contributed by atoms with van der Waals surface area (Å²) in [4.78, 5) is 4.15. The second kappa shape index (κ2) is 4.83. The Morgan fingerprint density at radius 1 is 1.38 bits per heavy atom. The van der Waals surface area contributed by atoms with Gasteiger partial charge in [-0.15, -0.1) is 0 Å². The van der Waals surface area contributed by atoms with Crippen LogP contribution in [0.15, 0.2) is 18.5 Å². The normalized spacial score (nSPS) is 25.0. The minimum Gasteiger partial charge on any atom is -0.487 e. The smallest absolute Gasteiger partial charge is 0.138 e. The molecule has 0 amide bonds. The van der Waals surface area contributed by atoms with Crippen molar-refractivity contribution in [3.8, 4) is 5.75 Å². The summed E-state index contributed by atoms with van der Waals surface area (Å²) in [7, 11) is 0. The summed E-state index contributed by atoms with van der Waals surface area (Å²) in [6.45, 7) is 8.54. The summed E-state index contributed by atoms with van der Waals surface area (Å²) in [6, 6.07) is 2.04. The van der Waals surface area contributed by atoms with Gasteiger partial charge in [0.1, 0.15) is 11.9 Å². The molecular formula is C13H20N2O. The van der Waals surface area contributed by atoms with Crippen molar-refractivity contribution < 1.29 is 4.74 Å². The van der Waals surface area contributed by atoms with Crippen molar-refractivity contribution in [1.29, 1.82) is 0 Å². The lowest BCUT2D eigenvalue weighted by Gasteiger charge is -2.23. The van der Waals surface area contributed by atoms with Crippen LogP contribution in [0.2, 0.25) is 0 Å². The van der Waals surface area contributed by atoms with Gasteiger partial charge in [-0.25, -0.2) is 0 Å². The molecule has 0 saturated carbocycles. The zero-order chi connectivity index (χ0) is 11.5. The number of pyridine rings is 1. The van der Waals surface area contributed by atoms with Crippen LogP contribution >= 0.6 is 0 Å². The van der Waals surface area contributed by atoms with Crippen LogP contribution in [-0.2, 0) is 0 Å². The minimum absolute atomic E-state index is 0.281. The van der Waals surface area contributed by atoms with E-state index in [1.807, 2.05) is 19.2 Å². The number of hydrogen-bond donors (Lipinski definition) is 1. The maximum absolute atomic E-state index is 6.01. The summed E-state index contributed by atoms with van der Waals surface area (Å²) in [5.74, 6) is 2.14. The first kappa shape index (κ1) is 11.4. The van der Waals surface area contributed by atoms with Crippen LogP contribution in [0.5, 0.6) is 5.75 Å². The van der Waals surface area contributed by atoms with Crippen LogP contribution < -0.4 is 10.1 Å². The molecule has 0 aliphatic carbocycles. The SMILES string of the molecule is Cc1cncc(OC2CNCC2C(C)C)c1. The fourth-order valence-electron chi connectivity index (χ4n) is 2.24. The third kappa shape index (κ3) is 2.53. The second-order valence-corrected chi connectivity index (χ2v) is 4.92. The molecule has 1 aliphatic rings. The molecule has 1 saturated heterocycles. The fourth-order valence-corrected chi connectivity index (χ4v) is 2.24. The van der Waals surface area contributed by atoms with Crippen molar-refractivity contribution in [3.05, 3.63) is 24.0 Å².